The summed E-state index contributed by atoms with van der Waals surface area (Å²) in [5.41, 5.74) is 1.31. The van der Waals surface area contributed by atoms with Crippen LogP contribution in [0.4, 0.5) is 0 Å². The number of methoxy groups -OCH3 is 1. The molecule has 1 amide bonds. The maximum absolute atomic E-state index is 12.5. The molecule has 0 aliphatic heterocycles. The smallest absolute Gasteiger partial charge is 0.267 e. The molecule has 1 aromatic carbocycles. The average molecular weight is 369 g/mol. The second kappa shape index (κ2) is 7.97. The standard InChI is InChI=1S/C19H19N3O3S/c1-13(19(24)20-12-14-5-7-15(25-2)8-6-14)22-18(23)10-9-16(21-22)17-4-3-11-26-17/h3-11,13H,12H2,1-2H3,(H,20,24). The molecule has 0 aliphatic rings. The summed E-state index contributed by atoms with van der Waals surface area (Å²) in [6.07, 6.45) is 0. The molecule has 0 saturated carbocycles. The van der Waals surface area contributed by atoms with Gasteiger partial charge in [0.05, 0.1) is 12.0 Å². The first-order chi connectivity index (χ1) is 12.6. The summed E-state index contributed by atoms with van der Waals surface area (Å²) in [7, 11) is 1.60. The summed E-state index contributed by atoms with van der Waals surface area (Å²) in [5, 5.41) is 9.13. The fourth-order valence-electron chi connectivity index (χ4n) is 2.45. The molecule has 6 nitrogen and oxygen atoms in total. The number of nitrogens with one attached hydrogen (secondary N) is 1. The summed E-state index contributed by atoms with van der Waals surface area (Å²) in [6.45, 7) is 2.03. The lowest BCUT2D eigenvalue weighted by Crippen LogP contribution is -2.36. The molecule has 0 spiro atoms. The van der Waals surface area contributed by atoms with Crippen LogP contribution in [0.2, 0.25) is 0 Å². The number of thiophene rings is 1. The fourth-order valence-corrected chi connectivity index (χ4v) is 3.14. The van der Waals surface area contributed by atoms with E-state index in [9.17, 15) is 9.59 Å². The number of amides is 1. The van der Waals surface area contributed by atoms with Crippen molar-refractivity contribution in [1.82, 2.24) is 15.1 Å². The van der Waals surface area contributed by atoms with Gasteiger partial charge >= 0.3 is 0 Å². The molecule has 3 rings (SSSR count). The van der Waals surface area contributed by atoms with Crippen LogP contribution in [0.1, 0.15) is 18.5 Å². The Hall–Kier alpha value is -2.93. The third kappa shape index (κ3) is 4.00. The molecule has 1 atom stereocenters. The molecule has 1 N–H and O–H groups in total. The van der Waals surface area contributed by atoms with Gasteiger partial charge in [-0.3, -0.25) is 9.59 Å². The lowest BCUT2D eigenvalue weighted by molar-refractivity contribution is -0.124. The van der Waals surface area contributed by atoms with Crippen LogP contribution >= 0.6 is 11.3 Å². The van der Waals surface area contributed by atoms with E-state index in [1.54, 1.807) is 20.1 Å². The predicted molar refractivity (Wildman–Crippen MR) is 101 cm³/mol. The van der Waals surface area contributed by atoms with E-state index < -0.39 is 6.04 Å². The minimum Gasteiger partial charge on any atom is -0.497 e. The minimum atomic E-state index is -0.708. The van der Waals surface area contributed by atoms with E-state index in [2.05, 4.69) is 10.4 Å². The summed E-state index contributed by atoms with van der Waals surface area (Å²) in [4.78, 5) is 25.5. The lowest BCUT2D eigenvalue weighted by atomic mass is 10.2. The molecule has 0 radical (unpaired) electrons. The highest BCUT2D eigenvalue weighted by Crippen LogP contribution is 2.21. The highest BCUT2D eigenvalue weighted by Gasteiger charge is 2.18. The molecule has 1 unspecified atom stereocenters. The maximum Gasteiger partial charge on any atom is 0.267 e. The van der Waals surface area contributed by atoms with Gasteiger partial charge in [-0.25, -0.2) is 4.68 Å². The largest absolute Gasteiger partial charge is 0.497 e. The van der Waals surface area contributed by atoms with Gasteiger partial charge in [-0.05, 0) is 42.1 Å². The van der Waals surface area contributed by atoms with Gasteiger partial charge in [-0.1, -0.05) is 18.2 Å². The van der Waals surface area contributed by atoms with Gasteiger partial charge < -0.3 is 10.1 Å². The van der Waals surface area contributed by atoms with Crippen molar-refractivity contribution >= 4 is 17.2 Å². The number of rotatable bonds is 6. The zero-order valence-corrected chi connectivity index (χ0v) is 15.3. The first-order valence-corrected chi connectivity index (χ1v) is 9.01. The molecular formula is C19H19N3O3S. The molecule has 0 bridgehead atoms. The predicted octanol–water partition coefficient (Wildman–Crippen LogP) is 2.86. The molecule has 2 heterocycles. The number of benzene rings is 1. The van der Waals surface area contributed by atoms with Gasteiger partial charge in [0.1, 0.15) is 17.5 Å². The molecule has 26 heavy (non-hydrogen) atoms. The summed E-state index contributed by atoms with van der Waals surface area (Å²) in [5.74, 6) is 0.494. The van der Waals surface area contributed by atoms with Gasteiger partial charge in [0.15, 0.2) is 0 Å². The first kappa shape index (κ1) is 17.9. The Kier molecular flexibility index (Phi) is 5.48. The van der Waals surface area contributed by atoms with Crippen LogP contribution in [-0.2, 0) is 11.3 Å². The van der Waals surface area contributed by atoms with Crippen LogP contribution in [0.3, 0.4) is 0 Å². The van der Waals surface area contributed by atoms with Gasteiger partial charge in [0.2, 0.25) is 5.91 Å². The Labute approximate surface area is 155 Å². The average Bonchev–Trinajstić information content (AvgIpc) is 3.21. The van der Waals surface area contributed by atoms with Crippen molar-refractivity contribution < 1.29 is 9.53 Å². The van der Waals surface area contributed by atoms with E-state index >= 15 is 0 Å². The van der Waals surface area contributed by atoms with Crippen molar-refractivity contribution in [3.63, 3.8) is 0 Å². The number of carbonyl (C=O) groups is 1. The number of hydrogen-bond acceptors (Lipinski definition) is 5. The van der Waals surface area contributed by atoms with E-state index in [1.165, 1.54) is 22.1 Å². The van der Waals surface area contributed by atoms with E-state index in [0.29, 0.717) is 12.2 Å². The zero-order chi connectivity index (χ0) is 18.5. The normalized spacial score (nSPS) is 11.8. The third-order valence-electron chi connectivity index (χ3n) is 3.97. The maximum atomic E-state index is 12.5. The number of ether oxygens (including phenoxy) is 1. The van der Waals surface area contributed by atoms with Crippen molar-refractivity contribution in [3.8, 4) is 16.3 Å². The Balaban J connectivity index is 1.71. The van der Waals surface area contributed by atoms with Crippen molar-refractivity contribution in [3.05, 3.63) is 69.8 Å². The second-order valence-electron chi connectivity index (χ2n) is 5.72. The molecule has 0 saturated heterocycles. The number of hydrogen-bond donors (Lipinski definition) is 1. The number of carbonyl (C=O) groups excluding carboxylic acids is 1. The second-order valence-corrected chi connectivity index (χ2v) is 6.67. The highest BCUT2D eigenvalue weighted by molar-refractivity contribution is 7.13. The monoisotopic (exact) mass is 369 g/mol. The zero-order valence-electron chi connectivity index (χ0n) is 14.5. The lowest BCUT2D eigenvalue weighted by Gasteiger charge is -2.15. The first-order valence-electron chi connectivity index (χ1n) is 8.13. The van der Waals surface area contributed by atoms with Crippen LogP contribution in [0.25, 0.3) is 10.6 Å². The van der Waals surface area contributed by atoms with Crippen molar-refractivity contribution in [2.24, 2.45) is 0 Å². The molecule has 3 aromatic rings. The minimum absolute atomic E-state index is 0.265. The Morgan fingerprint density at radius 2 is 2.00 bits per heavy atom. The van der Waals surface area contributed by atoms with Crippen LogP contribution in [0.5, 0.6) is 5.75 Å². The van der Waals surface area contributed by atoms with Crippen molar-refractivity contribution in [2.75, 3.05) is 7.11 Å². The Morgan fingerprint density at radius 1 is 1.23 bits per heavy atom. The summed E-state index contributed by atoms with van der Waals surface area (Å²) >= 11 is 1.53. The summed E-state index contributed by atoms with van der Waals surface area (Å²) < 4.78 is 6.33. The molecule has 134 valence electrons. The topological polar surface area (TPSA) is 73.2 Å². The van der Waals surface area contributed by atoms with Crippen LogP contribution in [-0.4, -0.2) is 22.8 Å². The van der Waals surface area contributed by atoms with Gasteiger partial charge in [0.25, 0.3) is 5.56 Å². The number of aromatic nitrogens is 2. The van der Waals surface area contributed by atoms with E-state index in [0.717, 1.165) is 16.2 Å². The molecule has 0 aliphatic carbocycles. The van der Waals surface area contributed by atoms with Crippen molar-refractivity contribution in [2.45, 2.75) is 19.5 Å². The fraction of sp³-hybridized carbons (Fsp3) is 0.211. The SMILES string of the molecule is COc1ccc(CNC(=O)C(C)n2nc(-c3cccs3)ccc2=O)cc1. The van der Waals surface area contributed by atoms with Gasteiger partial charge in [-0.15, -0.1) is 11.3 Å². The van der Waals surface area contributed by atoms with Crippen LogP contribution in [0.15, 0.2) is 58.7 Å². The van der Waals surface area contributed by atoms with Gasteiger partial charge in [-0.2, -0.15) is 5.10 Å². The Morgan fingerprint density at radius 3 is 2.65 bits per heavy atom. The molecule has 0 fully saturated rings. The van der Waals surface area contributed by atoms with Crippen LogP contribution < -0.4 is 15.6 Å². The highest BCUT2D eigenvalue weighted by atomic mass is 32.1. The summed E-state index contributed by atoms with van der Waals surface area (Å²) in [6, 6.07) is 13.7. The number of nitrogens with zero attached hydrogens (tertiary/aromatic N) is 2. The van der Waals surface area contributed by atoms with Crippen LogP contribution in [0, 0.1) is 0 Å². The molecule has 7 heteroatoms. The quantitative estimate of drug-likeness (QED) is 0.725. The third-order valence-corrected chi connectivity index (χ3v) is 4.86. The molecular weight excluding hydrogens is 350 g/mol. The van der Waals surface area contributed by atoms with Crippen molar-refractivity contribution in [1.29, 1.82) is 0 Å². The molecule has 2 aromatic heterocycles. The van der Waals surface area contributed by atoms with E-state index in [-0.39, 0.29) is 11.5 Å². The van der Waals surface area contributed by atoms with E-state index in [1.807, 2.05) is 41.8 Å². The van der Waals surface area contributed by atoms with Gasteiger partial charge in [0, 0.05) is 12.6 Å². The Bertz CT molecular complexity index is 933. The van der Waals surface area contributed by atoms with E-state index in [4.69, 9.17) is 4.74 Å².